The third-order valence-corrected chi connectivity index (χ3v) is 6.38. The van der Waals surface area contributed by atoms with Gasteiger partial charge in [-0.3, -0.25) is 0 Å². The van der Waals surface area contributed by atoms with Crippen molar-refractivity contribution in [2.45, 2.75) is 65.7 Å². The minimum Gasteiger partial charge on any atom is -0.123 e. The molecule has 0 saturated heterocycles. The normalized spacial score (nSPS) is 13.3. The first-order valence-corrected chi connectivity index (χ1v) is 11.0. The second kappa shape index (κ2) is 9.18. The van der Waals surface area contributed by atoms with E-state index in [1.807, 2.05) is 0 Å². The zero-order valence-electron chi connectivity index (χ0n) is 18.6. The Bertz CT molecular complexity index is 938. The van der Waals surface area contributed by atoms with Gasteiger partial charge in [-0.25, -0.2) is 0 Å². The highest BCUT2D eigenvalue weighted by Gasteiger charge is 2.23. The summed E-state index contributed by atoms with van der Waals surface area (Å²) in [5.74, 6) is 0.311. The Morgan fingerprint density at radius 1 is 0.690 bits per heavy atom. The molecule has 0 N–H and O–H groups in total. The maximum atomic E-state index is 7.03. The summed E-state index contributed by atoms with van der Waals surface area (Å²) in [6.45, 7) is 13.2. The molecule has 0 heterocycles. The van der Waals surface area contributed by atoms with Gasteiger partial charge in [-0.05, 0) is 93.3 Å². The summed E-state index contributed by atoms with van der Waals surface area (Å²) in [6.07, 6.45) is 1.84. The predicted molar refractivity (Wildman–Crippen MR) is 128 cm³/mol. The minimum atomic E-state index is 0.0837. The molecule has 3 aromatic rings. The van der Waals surface area contributed by atoms with Gasteiger partial charge in [0.15, 0.2) is 0 Å². The topological polar surface area (TPSA) is 0 Å². The van der Waals surface area contributed by atoms with E-state index >= 15 is 0 Å². The van der Waals surface area contributed by atoms with E-state index in [-0.39, 0.29) is 5.38 Å². The highest BCUT2D eigenvalue weighted by molar-refractivity contribution is 6.20. The maximum absolute atomic E-state index is 7.03. The minimum absolute atomic E-state index is 0.0837. The van der Waals surface area contributed by atoms with Crippen LogP contribution in [0.25, 0.3) is 0 Å². The van der Waals surface area contributed by atoms with Crippen molar-refractivity contribution in [3.63, 3.8) is 0 Å². The van der Waals surface area contributed by atoms with E-state index < -0.39 is 0 Å². The van der Waals surface area contributed by atoms with Crippen molar-refractivity contribution in [1.29, 1.82) is 0 Å². The lowest BCUT2D eigenvalue weighted by atomic mass is 9.81. The highest BCUT2D eigenvalue weighted by atomic mass is 35.5. The molecule has 0 saturated carbocycles. The zero-order valence-corrected chi connectivity index (χ0v) is 19.4. The van der Waals surface area contributed by atoms with Crippen LogP contribution >= 0.6 is 11.6 Å². The molecule has 0 aliphatic heterocycles. The molecule has 0 radical (unpaired) electrons. The molecule has 3 rings (SSSR count). The van der Waals surface area contributed by atoms with Gasteiger partial charge in [-0.15, -0.1) is 11.6 Å². The Kier molecular flexibility index (Phi) is 6.85. The van der Waals surface area contributed by atoms with Crippen LogP contribution in [-0.2, 0) is 6.42 Å². The van der Waals surface area contributed by atoms with Crippen molar-refractivity contribution in [1.82, 2.24) is 0 Å². The van der Waals surface area contributed by atoms with Gasteiger partial charge < -0.3 is 0 Å². The smallest absolute Gasteiger partial charge is 0.0385 e. The summed E-state index contributed by atoms with van der Waals surface area (Å²) >= 11 is 7.03. The van der Waals surface area contributed by atoms with Crippen LogP contribution in [0.1, 0.15) is 62.4 Å². The molecule has 0 bridgehead atoms. The molecular formula is C28H33Cl. The number of alkyl halides is 1. The highest BCUT2D eigenvalue weighted by Crippen LogP contribution is 2.36. The second-order valence-corrected chi connectivity index (χ2v) is 9.31. The lowest BCUT2D eigenvalue weighted by Gasteiger charge is -2.26. The summed E-state index contributed by atoms with van der Waals surface area (Å²) in [6, 6.07) is 20.0. The van der Waals surface area contributed by atoms with E-state index in [9.17, 15) is 0 Å². The third kappa shape index (κ3) is 5.11. The molecule has 3 aromatic carbocycles. The summed E-state index contributed by atoms with van der Waals surface area (Å²) in [4.78, 5) is 0. The van der Waals surface area contributed by atoms with Crippen molar-refractivity contribution < 1.29 is 0 Å². The van der Waals surface area contributed by atoms with Gasteiger partial charge in [-0.2, -0.15) is 0 Å². The number of aryl methyl sites for hydroxylation is 6. The van der Waals surface area contributed by atoms with Gasteiger partial charge in [0, 0.05) is 11.3 Å². The van der Waals surface area contributed by atoms with E-state index in [0.717, 1.165) is 12.8 Å². The molecule has 0 fully saturated rings. The average molecular weight is 405 g/mol. The molecule has 29 heavy (non-hydrogen) atoms. The number of hydrogen-bond donors (Lipinski definition) is 0. The van der Waals surface area contributed by atoms with E-state index in [2.05, 4.69) is 96.1 Å². The molecule has 1 heteroatoms. The molecule has 0 aliphatic carbocycles. The predicted octanol–water partition coefficient (Wildman–Crippen LogP) is 7.91. The van der Waals surface area contributed by atoms with Gasteiger partial charge in [0.05, 0.1) is 0 Å². The molecule has 0 aromatic heterocycles. The summed E-state index contributed by atoms with van der Waals surface area (Å²) in [7, 11) is 0. The van der Waals surface area contributed by atoms with E-state index in [0.29, 0.717) is 5.92 Å². The fourth-order valence-corrected chi connectivity index (χ4v) is 5.27. The van der Waals surface area contributed by atoms with Crippen LogP contribution in [0.15, 0.2) is 54.6 Å². The summed E-state index contributed by atoms with van der Waals surface area (Å²) in [5, 5.41) is 0.0837. The van der Waals surface area contributed by atoms with Crippen molar-refractivity contribution >= 4 is 11.6 Å². The van der Waals surface area contributed by atoms with E-state index in [4.69, 9.17) is 11.6 Å². The Morgan fingerprint density at radius 3 is 1.69 bits per heavy atom. The van der Waals surface area contributed by atoms with Crippen molar-refractivity contribution in [2.75, 3.05) is 0 Å². The van der Waals surface area contributed by atoms with Crippen LogP contribution < -0.4 is 0 Å². The molecule has 0 aliphatic rings. The Hall–Kier alpha value is -2.05. The molecule has 2 unspecified atom stereocenters. The number of hydrogen-bond acceptors (Lipinski definition) is 0. The van der Waals surface area contributed by atoms with Crippen molar-refractivity contribution in [3.05, 3.63) is 105 Å². The summed E-state index contributed by atoms with van der Waals surface area (Å²) < 4.78 is 0. The molecule has 0 spiro atoms. The summed E-state index contributed by atoms with van der Waals surface area (Å²) in [5.41, 5.74) is 12.3. The van der Waals surface area contributed by atoms with Gasteiger partial charge >= 0.3 is 0 Å². The van der Waals surface area contributed by atoms with Crippen molar-refractivity contribution in [2.24, 2.45) is 0 Å². The average Bonchev–Trinajstić information content (AvgIpc) is 2.64. The van der Waals surface area contributed by atoms with Crippen LogP contribution in [0.2, 0.25) is 0 Å². The molecule has 0 nitrogen and oxygen atoms in total. The molecular weight excluding hydrogens is 372 g/mol. The molecule has 2 atom stereocenters. The van der Waals surface area contributed by atoms with Crippen LogP contribution in [0, 0.1) is 41.5 Å². The third-order valence-electron chi connectivity index (χ3n) is 6.05. The Labute approximate surface area is 181 Å². The maximum Gasteiger partial charge on any atom is 0.0385 e. The van der Waals surface area contributed by atoms with Gasteiger partial charge in [0.1, 0.15) is 0 Å². The molecule has 152 valence electrons. The van der Waals surface area contributed by atoms with Gasteiger partial charge in [0.25, 0.3) is 0 Å². The lowest BCUT2D eigenvalue weighted by molar-refractivity contribution is 0.660. The Balaban J connectivity index is 1.95. The first-order chi connectivity index (χ1) is 13.8. The number of halogens is 1. The first-order valence-electron chi connectivity index (χ1n) is 10.6. The number of rotatable bonds is 6. The SMILES string of the molecule is Cc1cc(C)c(CC(Cl)CC(c2ccccc2)c2c(C)cc(C)cc2C)c(C)c1. The van der Waals surface area contributed by atoms with Crippen LogP contribution in [-0.4, -0.2) is 5.38 Å². The fourth-order valence-electron chi connectivity index (χ4n) is 4.94. The standard InChI is InChI=1S/C28H33Cl/c1-18-12-20(3)26(21(4)13-18)16-25(29)17-27(24-10-8-7-9-11-24)28-22(5)14-19(2)15-23(28)6/h7-15,25,27H,16-17H2,1-6H3. The van der Waals surface area contributed by atoms with Crippen LogP contribution in [0.4, 0.5) is 0 Å². The van der Waals surface area contributed by atoms with Gasteiger partial charge in [0.2, 0.25) is 0 Å². The van der Waals surface area contributed by atoms with Crippen LogP contribution in [0.5, 0.6) is 0 Å². The number of benzene rings is 3. The molecule has 0 amide bonds. The fraction of sp³-hybridized carbons (Fsp3) is 0.357. The Morgan fingerprint density at radius 2 is 1.17 bits per heavy atom. The van der Waals surface area contributed by atoms with E-state index in [1.165, 1.54) is 50.1 Å². The van der Waals surface area contributed by atoms with Crippen molar-refractivity contribution in [3.8, 4) is 0 Å². The zero-order chi connectivity index (χ0) is 21.1. The lowest BCUT2D eigenvalue weighted by Crippen LogP contribution is -2.15. The first kappa shape index (κ1) is 21.7. The van der Waals surface area contributed by atoms with E-state index in [1.54, 1.807) is 0 Å². The largest absolute Gasteiger partial charge is 0.123 e. The monoisotopic (exact) mass is 404 g/mol. The van der Waals surface area contributed by atoms with Gasteiger partial charge in [-0.1, -0.05) is 65.7 Å². The van der Waals surface area contributed by atoms with Crippen LogP contribution in [0.3, 0.4) is 0 Å². The second-order valence-electron chi connectivity index (χ2n) is 8.69. The quantitative estimate of drug-likeness (QED) is 0.366.